The first-order valence-corrected chi connectivity index (χ1v) is 6.72. The second-order valence-corrected chi connectivity index (χ2v) is 5.62. The van der Waals surface area contributed by atoms with Crippen molar-refractivity contribution in [2.24, 2.45) is 5.73 Å². The molecule has 0 unspecified atom stereocenters. The van der Waals surface area contributed by atoms with Crippen LogP contribution in [0.5, 0.6) is 0 Å². The molecule has 0 saturated heterocycles. The van der Waals surface area contributed by atoms with E-state index in [4.69, 9.17) is 5.73 Å². The highest BCUT2D eigenvalue weighted by atomic mass is 79.9. The zero-order valence-corrected chi connectivity index (χ0v) is 11.4. The normalized spacial score (nSPS) is 18.7. The van der Waals surface area contributed by atoms with Gasteiger partial charge in [-0.3, -0.25) is 4.79 Å². The van der Waals surface area contributed by atoms with Crippen LogP contribution in [0, 0.1) is 11.6 Å². The zero-order chi connectivity index (χ0) is 13.3. The summed E-state index contributed by atoms with van der Waals surface area (Å²) in [6.45, 7) is 0. The fourth-order valence-electron chi connectivity index (χ4n) is 2.39. The number of nitrogens with two attached hydrogens (primary N) is 1. The Morgan fingerprint density at radius 1 is 1.22 bits per heavy atom. The van der Waals surface area contributed by atoms with Crippen molar-refractivity contribution in [1.82, 2.24) is 0 Å². The maximum absolute atomic E-state index is 13.9. The van der Waals surface area contributed by atoms with Gasteiger partial charge in [0.25, 0.3) is 0 Å². The van der Waals surface area contributed by atoms with E-state index in [-0.39, 0.29) is 4.47 Å². The lowest BCUT2D eigenvalue weighted by Crippen LogP contribution is -2.50. The number of halogens is 3. The molecular formula is C13H14BrF2NO. The van der Waals surface area contributed by atoms with Gasteiger partial charge >= 0.3 is 0 Å². The second kappa shape index (κ2) is 5.05. The van der Waals surface area contributed by atoms with E-state index in [0.717, 1.165) is 25.3 Å². The molecule has 0 amide bonds. The summed E-state index contributed by atoms with van der Waals surface area (Å²) in [4.78, 5) is 12.3. The largest absolute Gasteiger partial charge is 0.319 e. The third-order valence-corrected chi connectivity index (χ3v) is 4.08. The van der Waals surface area contributed by atoms with Crippen molar-refractivity contribution in [3.8, 4) is 0 Å². The summed E-state index contributed by atoms with van der Waals surface area (Å²) in [6, 6.07) is 2.32. The smallest absolute Gasteiger partial charge is 0.188 e. The van der Waals surface area contributed by atoms with E-state index in [2.05, 4.69) is 15.9 Å². The van der Waals surface area contributed by atoms with Crippen LogP contribution in [-0.2, 0) is 0 Å². The Balaban J connectivity index is 2.42. The minimum atomic E-state index is -1.12. The van der Waals surface area contributed by atoms with Crippen LogP contribution in [0.3, 0.4) is 0 Å². The first kappa shape index (κ1) is 13.6. The number of hydrogen-bond acceptors (Lipinski definition) is 2. The summed E-state index contributed by atoms with van der Waals surface area (Å²) in [5.74, 6) is -2.34. The Hall–Kier alpha value is -0.810. The molecule has 5 heteroatoms. The van der Waals surface area contributed by atoms with Gasteiger partial charge in [0.15, 0.2) is 11.6 Å². The Morgan fingerprint density at radius 3 is 2.44 bits per heavy atom. The van der Waals surface area contributed by atoms with Crippen LogP contribution < -0.4 is 5.73 Å². The Bertz CT molecular complexity index is 484. The van der Waals surface area contributed by atoms with Gasteiger partial charge in [0.2, 0.25) is 0 Å². The molecule has 2 N–H and O–H groups in total. The van der Waals surface area contributed by atoms with Gasteiger partial charge in [0.1, 0.15) is 5.82 Å². The number of benzene rings is 1. The molecule has 1 fully saturated rings. The average Bonchev–Trinajstić information content (AvgIpc) is 2.35. The van der Waals surface area contributed by atoms with Gasteiger partial charge in [-0.2, -0.15) is 0 Å². The molecule has 0 radical (unpaired) electrons. The molecule has 0 spiro atoms. The van der Waals surface area contributed by atoms with E-state index < -0.39 is 28.5 Å². The van der Waals surface area contributed by atoms with Crippen LogP contribution in [0.4, 0.5) is 8.78 Å². The second-order valence-electron chi connectivity index (χ2n) is 4.76. The molecule has 1 saturated carbocycles. The van der Waals surface area contributed by atoms with Crippen molar-refractivity contribution in [2.75, 3.05) is 0 Å². The van der Waals surface area contributed by atoms with Crippen molar-refractivity contribution in [2.45, 2.75) is 37.6 Å². The van der Waals surface area contributed by atoms with Gasteiger partial charge in [-0.1, -0.05) is 19.3 Å². The van der Waals surface area contributed by atoms with Gasteiger partial charge in [0.05, 0.1) is 15.6 Å². The summed E-state index contributed by atoms with van der Waals surface area (Å²) < 4.78 is 27.6. The topological polar surface area (TPSA) is 43.1 Å². The molecule has 0 aliphatic heterocycles. The number of Topliss-reactive ketones (excluding diaryl/α,β-unsaturated/α-hetero) is 1. The van der Waals surface area contributed by atoms with E-state index in [1.165, 1.54) is 6.07 Å². The number of ketones is 1. The van der Waals surface area contributed by atoms with Crippen LogP contribution in [-0.4, -0.2) is 11.3 Å². The van der Waals surface area contributed by atoms with Crippen molar-refractivity contribution < 1.29 is 13.6 Å². The molecule has 2 rings (SSSR count). The van der Waals surface area contributed by atoms with Crippen LogP contribution in [0.1, 0.15) is 42.5 Å². The highest BCUT2D eigenvalue weighted by Gasteiger charge is 2.38. The van der Waals surface area contributed by atoms with E-state index >= 15 is 0 Å². The Kier molecular flexibility index (Phi) is 3.82. The van der Waals surface area contributed by atoms with Gasteiger partial charge in [-0.15, -0.1) is 0 Å². The molecule has 98 valence electrons. The van der Waals surface area contributed by atoms with Crippen LogP contribution >= 0.6 is 15.9 Å². The first-order chi connectivity index (χ1) is 8.46. The average molecular weight is 318 g/mol. The van der Waals surface area contributed by atoms with E-state index in [9.17, 15) is 13.6 Å². The molecule has 18 heavy (non-hydrogen) atoms. The summed E-state index contributed by atoms with van der Waals surface area (Å²) in [5, 5.41) is 0. The fourth-order valence-corrected chi connectivity index (χ4v) is 2.72. The number of carbonyl (C=O) groups is 1. The van der Waals surface area contributed by atoms with Crippen LogP contribution in [0.2, 0.25) is 0 Å². The molecule has 1 aromatic rings. The molecule has 0 bridgehead atoms. The van der Waals surface area contributed by atoms with Crippen molar-refractivity contribution in [3.63, 3.8) is 0 Å². The lowest BCUT2D eigenvalue weighted by molar-refractivity contribution is 0.0838. The Labute approximate surface area is 113 Å². The monoisotopic (exact) mass is 317 g/mol. The standard InChI is InChI=1S/C13H14BrF2NO/c14-8-4-5-9(15)10(11(8)16)12(18)13(17)6-2-1-3-7-13/h4-5H,1-3,6-7,17H2. The quantitative estimate of drug-likeness (QED) is 0.669. The minimum absolute atomic E-state index is 0.0756. The Morgan fingerprint density at radius 2 is 1.83 bits per heavy atom. The van der Waals surface area contributed by atoms with Crippen molar-refractivity contribution in [1.29, 1.82) is 0 Å². The lowest BCUT2D eigenvalue weighted by atomic mass is 9.77. The molecule has 1 aromatic carbocycles. The highest BCUT2D eigenvalue weighted by molar-refractivity contribution is 9.10. The van der Waals surface area contributed by atoms with Gasteiger partial charge in [-0.05, 0) is 40.9 Å². The molecule has 2 nitrogen and oxygen atoms in total. The van der Waals surface area contributed by atoms with E-state index in [1.807, 2.05) is 0 Å². The van der Waals surface area contributed by atoms with Crippen molar-refractivity contribution >= 4 is 21.7 Å². The van der Waals surface area contributed by atoms with Gasteiger partial charge in [0, 0.05) is 0 Å². The summed E-state index contributed by atoms with van der Waals surface area (Å²) in [5.41, 5.74) is 4.38. The number of hydrogen-bond donors (Lipinski definition) is 1. The molecule has 0 atom stereocenters. The molecule has 0 aromatic heterocycles. The van der Waals surface area contributed by atoms with E-state index in [1.54, 1.807) is 0 Å². The van der Waals surface area contributed by atoms with Crippen LogP contribution in [0.25, 0.3) is 0 Å². The third-order valence-electron chi connectivity index (χ3n) is 3.47. The maximum atomic E-state index is 13.9. The molecular weight excluding hydrogens is 304 g/mol. The number of carbonyl (C=O) groups excluding carboxylic acids is 1. The zero-order valence-electron chi connectivity index (χ0n) is 9.81. The minimum Gasteiger partial charge on any atom is -0.319 e. The fraction of sp³-hybridized carbons (Fsp3) is 0.462. The summed E-state index contributed by atoms with van der Waals surface area (Å²) in [7, 11) is 0. The molecule has 0 heterocycles. The van der Waals surface area contributed by atoms with E-state index in [0.29, 0.717) is 12.8 Å². The predicted molar refractivity (Wildman–Crippen MR) is 68.4 cm³/mol. The first-order valence-electron chi connectivity index (χ1n) is 5.93. The SMILES string of the molecule is NC1(C(=O)c2c(F)ccc(Br)c2F)CCCCC1. The highest BCUT2D eigenvalue weighted by Crippen LogP contribution is 2.32. The van der Waals surface area contributed by atoms with Crippen molar-refractivity contribution in [3.05, 3.63) is 33.8 Å². The van der Waals surface area contributed by atoms with Crippen LogP contribution in [0.15, 0.2) is 16.6 Å². The summed E-state index contributed by atoms with van der Waals surface area (Å²) >= 11 is 2.96. The third kappa shape index (κ3) is 2.34. The molecule has 1 aliphatic rings. The molecule has 1 aliphatic carbocycles. The lowest BCUT2D eigenvalue weighted by Gasteiger charge is -2.32. The summed E-state index contributed by atoms with van der Waals surface area (Å²) in [6.07, 6.45) is 3.61. The maximum Gasteiger partial charge on any atom is 0.188 e. The van der Waals surface area contributed by atoms with Gasteiger partial charge in [-0.25, -0.2) is 8.78 Å². The number of rotatable bonds is 2. The van der Waals surface area contributed by atoms with Gasteiger partial charge < -0.3 is 5.73 Å². The predicted octanol–water partition coefficient (Wildman–Crippen LogP) is 3.57.